The number of aryl methyl sites for hydroxylation is 1. The van der Waals surface area contributed by atoms with Crippen molar-refractivity contribution in [2.75, 3.05) is 26.2 Å². The first-order chi connectivity index (χ1) is 16.4. The molecule has 0 unspecified atom stereocenters. The lowest BCUT2D eigenvalue weighted by Gasteiger charge is -2.27. The van der Waals surface area contributed by atoms with Gasteiger partial charge in [-0.25, -0.2) is 4.98 Å². The van der Waals surface area contributed by atoms with Gasteiger partial charge in [0.05, 0.1) is 17.3 Å². The second kappa shape index (κ2) is 9.99. The van der Waals surface area contributed by atoms with E-state index in [1.54, 1.807) is 40.6 Å². The predicted molar refractivity (Wildman–Crippen MR) is 133 cm³/mol. The van der Waals surface area contributed by atoms with Gasteiger partial charge in [-0.15, -0.1) is 0 Å². The minimum absolute atomic E-state index is 0.0591. The minimum Gasteiger partial charge on any atom is -0.505 e. The third kappa shape index (κ3) is 4.33. The lowest BCUT2D eigenvalue weighted by Crippen LogP contribution is -2.33. The fraction of sp³-hybridized carbons (Fsp3) is 0.346. The van der Waals surface area contributed by atoms with Gasteiger partial charge in [-0.3, -0.25) is 14.0 Å². The van der Waals surface area contributed by atoms with Crippen molar-refractivity contribution in [3.8, 4) is 0 Å². The monoisotopic (exact) mass is 480 g/mol. The summed E-state index contributed by atoms with van der Waals surface area (Å²) in [5.74, 6) is -1.54. The molecule has 1 atom stereocenters. The van der Waals surface area contributed by atoms with Crippen molar-refractivity contribution >= 4 is 34.7 Å². The number of likely N-dealkylation sites (tertiary alicyclic amines) is 1. The fourth-order valence-electron chi connectivity index (χ4n) is 4.66. The minimum atomic E-state index is -0.732. The Morgan fingerprint density at radius 3 is 2.62 bits per heavy atom. The normalized spacial score (nSPS) is 17.9. The number of benzene rings is 1. The smallest absolute Gasteiger partial charge is 0.295 e. The average molecular weight is 481 g/mol. The summed E-state index contributed by atoms with van der Waals surface area (Å²) >= 11 is 6.27. The van der Waals surface area contributed by atoms with Crippen LogP contribution in [0.3, 0.4) is 0 Å². The Bertz CT molecular complexity index is 1260. The Balaban J connectivity index is 1.82. The van der Waals surface area contributed by atoms with Gasteiger partial charge < -0.3 is 14.9 Å². The lowest BCUT2D eigenvalue weighted by molar-refractivity contribution is -0.140. The van der Waals surface area contributed by atoms with Crippen molar-refractivity contribution in [1.29, 1.82) is 0 Å². The maximum absolute atomic E-state index is 13.3. The van der Waals surface area contributed by atoms with Crippen molar-refractivity contribution in [2.45, 2.75) is 33.2 Å². The van der Waals surface area contributed by atoms with Gasteiger partial charge in [-0.2, -0.15) is 0 Å². The highest BCUT2D eigenvalue weighted by atomic mass is 35.5. The zero-order chi connectivity index (χ0) is 24.4. The van der Waals surface area contributed by atoms with Crippen LogP contribution in [0.2, 0.25) is 5.02 Å². The maximum Gasteiger partial charge on any atom is 0.295 e. The maximum atomic E-state index is 13.3. The van der Waals surface area contributed by atoms with Gasteiger partial charge in [0.25, 0.3) is 11.7 Å². The van der Waals surface area contributed by atoms with Crippen molar-refractivity contribution in [1.82, 2.24) is 19.2 Å². The molecule has 1 aliphatic rings. The zero-order valence-electron chi connectivity index (χ0n) is 19.7. The van der Waals surface area contributed by atoms with Gasteiger partial charge in [0.1, 0.15) is 11.3 Å². The second-order valence-electron chi connectivity index (χ2n) is 8.40. The summed E-state index contributed by atoms with van der Waals surface area (Å²) in [5.41, 5.74) is 2.37. The standard InChI is InChI=1S/C26H29ClN4O3/c1-4-29(5-2)13-9-15-31-23(18-10-8-11-19(27)16-18)21(25(33)26(31)34)24(32)22-17(3)28-20-12-6-7-14-30(20)22/h6-8,10-12,14,16,23,32H,4-5,9,13,15H2,1-3H3/t23-/m1/s1. The van der Waals surface area contributed by atoms with E-state index in [0.717, 1.165) is 19.6 Å². The molecule has 2 aromatic heterocycles. The lowest BCUT2D eigenvalue weighted by atomic mass is 9.96. The highest BCUT2D eigenvalue weighted by Crippen LogP contribution is 2.40. The summed E-state index contributed by atoms with van der Waals surface area (Å²) in [6.07, 6.45) is 2.49. The molecule has 0 saturated carbocycles. The van der Waals surface area contributed by atoms with Crippen LogP contribution >= 0.6 is 11.6 Å². The first-order valence-electron chi connectivity index (χ1n) is 11.6. The summed E-state index contributed by atoms with van der Waals surface area (Å²) in [4.78, 5) is 34.8. The Kier molecular flexibility index (Phi) is 7.05. The molecule has 0 radical (unpaired) electrons. The number of aromatic nitrogens is 2. The fourth-order valence-corrected chi connectivity index (χ4v) is 4.86. The molecular formula is C26H29ClN4O3. The third-order valence-electron chi connectivity index (χ3n) is 6.40. The van der Waals surface area contributed by atoms with Crippen LogP contribution in [0.15, 0.2) is 54.2 Å². The van der Waals surface area contributed by atoms with Crippen LogP contribution in [0.4, 0.5) is 0 Å². The van der Waals surface area contributed by atoms with Crippen LogP contribution < -0.4 is 0 Å². The molecule has 1 N–H and O–H groups in total. The molecule has 1 aromatic carbocycles. The topological polar surface area (TPSA) is 78.2 Å². The summed E-state index contributed by atoms with van der Waals surface area (Å²) in [6.45, 7) is 9.00. The molecular weight excluding hydrogens is 452 g/mol. The number of carbonyl (C=O) groups excluding carboxylic acids is 2. The molecule has 0 spiro atoms. The Morgan fingerprint density at radius 2 is 1.91 bits per heavy atom. The number of amides is 1. The number of carbonyl (C=O) groups is 2. The summed E-state index contributed by atoms with van der Waals surface area (Å²) in [5, 5.41) is 12.0. The molecule has 0 bridgehead atoms. The molecule has 7 nitrogen and oxygen atoms in total. The van der Waals surface area contributed by atoms with E-state index in [0.29, 0.717) is 40.6 Å². The van der Waals surface area contributed by atoms with E-state index in [-0.39, 0.29) is 11.3 Å². The van der Waals surface area contributed by atoms with Crippen LogP contribution in [0.25, 0.3) is 11.4 Å². The van der Waals surface area contributed by atoms with E-state index < -0.39 is 17.7 Å². The Labute approximate surface area is 204 Å². The molecule has 3 heterocycles. The van der Waals surface area contributed by atoms with Gasteiger partial charge in [-0.05, 0) is 62.8 Å². The number of hydrogen-bond donors (Lipinski definition) is 1. The molecule has 4 rings (SSSR count). The number of fused-ring (bicyclic) bond motifs is 1. The number of rotatable bonds is 8. The van der Waals surface area contributed by atoms with Gasteiger partial charge in [-0.1, -0.05) is 43.6 Å². The summed E-state index contributed by atoms with van der Waals surface area (Å²) in [6, 6.07) is 11.9. The molecule has 178 valence electrons. The number of ketones is 1. The SMILES string of the molecule is CCN(CC)CCCN1C(=O)C(=O)C(=C(O)c2c(C)nc3ccccn23)[C@H]1c1cccc(Cl)c1. The largest absolute Gasteiger partial charge is 0.505 e. The Morgan fingerprint density at radius 1 is 1.15 bits per heavy atom. The summed E-state index contributed by atoms with van der Waals surface area (Å²) in [7, 11) is 0. The van der Waals surface area contributed by atoms with E-state index in [2.05, 4.69) is 23.7 Å². The number of Topliss-reactive ketones (excluding diaryl/α,β-unsaturated/α-hetero) is 1. The third-order valence-corrected chi connectivity index (χ3v) is 6.64. The van der Waals surface area contributed by atoms with Gasteiger partial charge in [0.2, 0.25) is 0 Å². The van der Waals surface area contributed by atoms with Gasteiger partial charge in [0, 0.05) is 17.8 Å². The highest BCUT2D eigenvalue weighted by molar-refractivity contribution is 6.46. The van der Waals surface area contributed by atoms with Gasteiger partial charge in [0.15, 0.2) is 5.76 Å². The molecule has 0 aliphatic carbocycles. The molecule has 8 heteroatoms. The number of pyridine rings is 1. The van der Waals surface area contributed by atoms with Crippen LogP contribution in [-0.4, -0.2) is 62.2 Å². The van der Waals surface area contributed by atoms with E-state index in [9.17, 15) is 14.7 Å². The highest BCUT2D eigenvalue weighted by Gasteiger charge is 2.46. The van der Waals surface area contributed by atoms with Crippen molar-refractivity contribution < 1.29 is 14.7 Å². The van der Waals surface area contributed by atoms with Crippen molar-refractivity contribution in [3.63, 3.8) is 0 Å². The van der Waals surface area contributed by atoms with Crippen molar-refractivity contribution in [3.05, 3.63) is 76.2 Å². The van der Waals surface area contributed by atoms with Crippen molar-refractivity contribution in [2.24, 2.45) is 0 Å². The van der Waals surface area contributed by atoms with Gasteiger partial charge >= 0.3 is 0 Å². The number of halogens is 1. The molecule has 1 aliphatic heterocycles. The predicted octanol–water partition coefficient (Wildman–Crippen LogP) is 4.45. The van der Waals surface area contributed by atoms with E-state index in [1.807, 2.05) is 24.3 Å². The van der Waals surface area contributed by atoms with E-state index in [1.165, 1.54) is 0 Å². The first-order valence-corrected chi connectivity index (χ1v) is 11.9. The number of hydrogen-bond acceptors (Lipinski definition) is 5. The number of aliphatic hydroxyl groups excluding tert-OH is 1. The number of imidazole rings is 1. The van der Waals surface area contributed by atoms with Crippen LogP contribution in [-0.2, 0) is 9.59 Å². The molecule has 1 saturated heterocycles. The van der Waals surface area contributed by atoms with Crippen LogP contribution in [0.5, 0.6) is 0 Å². The second-order valence-corrected chi connectivity index (χ2v) is 8.84. The molecule has 1 fully saturated rings. The quantitative estimate of drug-likeness (QED) is 0.293. The van der Waals surface area contributed by atoms with E-state index in [4.69, 9.17) is 11.6 Å². The zero-order valence-corrected chi connectivity index (χ0v) is 20.4. The molecule has 3 aromatic rings. The van der Waals surface area contributed by atoms with Crippen LogP contribution in [0, 0.1) is 6.92 Å². The number of aliphatic hydroxyl groups is 1. The first kappa shape index (κ1) is 24.0. The molecule has 34 heavy (non-hydrogen) atoms. The summed E-state index contributed by atoms with van der Waals surface area (Å²) < 4.78 is 1.73. The Hall–Kier alpha value is -3.16. The van der Waals surface area contributed by atoms with E-state index >= 15 is 0 Å². The number of nitrogens with zero attached hydrogens (tertiary/aromatic N) is 4. The molecule has 1 amide bonds. The van der Waals surface area contributed by atoms with Crippen LogP contribution in [0.1, 0.15) is 43.3 Å². The average Bonchev–Trinajstić information content (AvgIpc) is 3.29.